The topological polar surface area (TPSA) is 44.8 Å². The summed E-state index contributed by atoms with van der Waals surface area (Å²) in [4.78, 5) is 11.1. The maximum Gasteiger partial charge on any atom is 0.330 e. The Balaban J connectivity index is 4.75. The van der Waals surface area contributed by atoms with Gasteiger partial charge in [0.05, 0.1) is 19.3 Å². The van der Waals surface area contributed by atoms with Crippen LogP contribution in [0.25, 0.3) is 0 Å². The Hall–Kier alpha value is -0.436. The van der Waals surface area contributed by atoms with Crippen molar-refractivity contribution in [1.82, 2.24) is 0 Å². The van der Waals surface area contributed by atoms with Gasteiger partial charge >= 0.3 is 5.97 Å². The second-order valence-corrected chi connectivity index (χ2v) is 19.6. The molecule has 31 heavy (non-hydrogen) atoms. The lowest BCUT2D eigenvalue weighted by Gasteiger charge is -2.36. The molecule has 0 saturated carbocycles. The van der Waals surface area contributed by atoms with Gasteiger partial charge in [0, 0.05) is 6.08 Å². The van der Waals surface area contributed by atoms with Crippen molar-refractivity contribution in [1.29, 1.82) is 0 Å². The number of allylic oxidation sites excluding steroid dienone is 1. The summed E-state index contributed by atoms with van der Waals surface area (Å²) < 4.78 is 18.0. The van der Waals surface area contributed by atoms with Gasteiger partial charge in [0.1, 0.15) is 0 Å². The molecule has 2 atom stereocenters. The first-order valence-electron chi connectivity index (χ1n) is 12.6. The van der Waals surface area contributed by atoms with Gasteiger partial charge in [-0.15, -0.1) is 0 Å². The number of methoxy groups -OCH3 is 1. The molecule has 0 saturated heterocycles. The number of rotatable bonds is 19. The molecule has 0 radical (unpaired) electrons. The monoisotopic (exact) mass is 472 g/mol. The van der Waals surface area contributed by atoms with Crippen LogP contribution in [0.5, 0.6) is 0 Å². The molecule has 0 bridgehead atoms. The predicted octanol–water partition coefficient (Wildman–Crippen LogP) is 7.86. The van der Waals surface area contributed by atoms with Crippen LogP contribution in [0.15, 0.2) is 12.2 Å². The SMILES string of the molecule is CCCCCCCCC(O[Si](C)(C)C)C(CCCCCC=CC(=O)OC)O[Si](C)(C)C. The van der Waals surface area contributed by atoms with E-state index in [4.69, 9.17) is 8.85 Å². The standard InChI is InChI=1S/C25H52O4Si2/c1-9-10-11-12-14-17-20-23(28-30(3,4)5)24(29-31(6,7)8)21-18-15-13-16-19-22-25(26)27-2/h19,22-24H,9-18,20-21H2,1-8H3. The smallest absolute Gasteiger partial charge is 0.330 e. The molecule has 0 aliphatic rings. The fourth-order valence-electron chi connectivity index (χ4n) is 3.71. The van der Waals surface area contributed by atoms with Crippen LogP contribution in [0.1, 0.15) is 84.0 Å². The van der Waals surface area contributed by atoms with E-state index in [1.165, 1.54) is 51.7 Å². The molecule has 0 amide bonds. The second kappa shape index (κ2) is 17.1. The van der Waals surface area contributed by atoms with E-state index >= 15 is 0 Å². The average molecular weight is 473 g/mol. The third kappa shape index (κ3) is 19.9. The van der Waals surface area contributed by atoms with E-state index in [0.717, 1.165) is 38.5 Å². The van der Waals surface area contributed by atoms with Crippen LogP contribution >= 0.6 is 0 Å². The van der Waals surface area contributed by atoms with E-state index in [2.05, 4.69) is 50.9 Å². The summed E-state index contributed by atoms with van der Waals surface area (Å²) in [5.41, 5.74) is 0. The van der Waals surface area contributed by atoms with Gasteiger partial charge in [-0.2, -0.15) is 0 Å². The van der Waals surface area contributed by atoms with Gasteiger partial charge in [-0.05, 0) is 65.0 Å². The van der Waals surface area contributed by atoms with E-state index in [1.807, 2.05) is 6.08 Å². The Morgan fingerprint density at radius 2 is 1.19 bits per heavy atom. The Bertz CT molecular complexity index is 481. The molecule has 0 aromatic rings. The fraction of sp³-hybridized carbons (Fsp3) is 0.880. The first-order chi connectivity index (χ1) is 14.5. The fourth-order valence-corrected chi connectivity index (χ4v) is 6.06. The highest BCUT2D eigenvalue weighted by Crippen LogP contribution is 2.25. The van der Waals surface area contributed by atoms with Crippen molar-refractivity contribution in [3.63, 3.8) is 0 Å². The highest BCUT2D eigenvalue weighted by molar-refractivity contribution is 6.70. The van der Waals surface area contributed by atoms with Crippen molar-refractivity contribution in [2.45, 2.75) is 135 Å². The van der Waals surface area contributed by atoms with Crippen molar-refractivity contribution in [3.05, 3.63) is 12.2 Å². The molecule has 0 aromatic heterocycles. The molecule has 4 nitrogen and oxygen atoms in total. The number of carbonyl (C=O) groups excluding carboxylic acids is 1. The van der Waals surface area contributed by atoms with Crippen molar-refractivity contribution >= 4 is 22.6 Å². The minimum Gasteiger partial charge on any atom is -0.466 e. The van der Waals surface area contributed by atoms with Crippen molar-refractivity contribution in [2.75, 3.05) is 7.11 Å². The zero-order valence-electron chi connectivity index (χ0n) is 21.9. The summed E-state index contributed by atoms with van der Waals surface area (Å²) in [5.74, 6) is -0.273. The zero-order valence-corrected chi connectivity index (χ0v) is 23.9. The lowest BCUT2D eigenvalue weighted by atomic mass is 10.00. The summed E-state index contributed by atoms with van der Waals surface area (Å²) in [6.45, 7) is 16.0. The van der Waals surface area contributed by atoms with Crippen LogP contribution in [-0.2, 0) is 18.4 Å². The highest BCUT2D eigenvalue weighted by atomic mass is 28.4. The van der Waals surface area contributed by atoms with Crippen LogP contribution < -0.4 is 0 Å². The van der Waals surface area contributed by atoms with E-state index < -0.39 is 16.6 Å². The number of ether oxygens (including phenoxy) is 1. The van der Waals surface area contributed by atoms with E-state index in [0.29, 0.717) is 0 Å². The van der Waals surface area contributed by atoms with Gasteiger partial charge in [0.2, 0.25) is 0 Å². The Labute approximate surface area is 195 Å². The number of hydrogen-bond acceptors (Lipinski definition) is 4. The summed E-state index contributed by atoms with van der Waals surface area (Å²) in [6.07, 6.45) is 18.2. The molecule has 0 rings (SSSR count). The Morgan fingerprint density at radius 3 is 1.65 bits per heavy atom. The molecule has 0 aromatic carbocycles. The predicted molar refractivity (Wildman–Crippen MR) is 139 cm³/mol. The van der Waals surface area contributed by atoms with Crippen molar-refractivity contribution < 1.29 is 18.4 Å². The van der Waals surface area contributed by atoms with Crippen molar-refractivity contribution in [2.24, 2.45) is 0 Å². The summed E-state index contributed by atoms with van der Waals surface area (Å²) >= 11 is 0. The maximum atomic E-state index is 11.1. The van der Waals surface area contributed by atoms with Gasteiger partial charge < -0.3 is 13.6 Å². The minimum absolute atomic E-state index is 0.208. The quantitative estimate of drug-likeness (QED) is 0.0830. The van der Waals surface area contributed by atoms with Gasteiger partial charge in [-0.3, -0.25) is 0 Å². The highest BCUT2D eigenvalue weighted by Gasteiger charge is 2.31. The largest absolute Gasteiger partial charge is 0.466 e. The van der Waals surface area contributed by atoms with Crippen LogP contribution in [0.2, 0.25) is 39.3 Å². The Kier molecular flexibility index (Phi) is 16.9. The summed E-state index contributed by atoms with van der Waals surface area (Å²) in [7, 11) is -1.87. The molecular formula is C25H52O4Si2. The molecule has 6 heteroatoms. The molecule has 0 aliphatic heterocycles. The van der Waals surface area contributed by atoms with Crippen LogP contribution in [0, 0.1) is 0 Å². The maximum absolute atomic E-state index is 11.1. The summed E-state index contributed by atoms with van der Waals surface area (Å²) in [6, 6.07) is 0. The number of unbranched alkanes of at least 4 members (excludes halogenated alkanes) is 8. The van der Waals surface area contributed by atoms with E-state index in [1.54, 1.807) is 0 Å². The first-order valence-corrected chi connectivity index (χ1v) is 19.4. The third-order valence-electron chi connectivity index (χ3n) is 5.08. The minimum atomic E-state index is -1.65. The average Bonchev–Trinajstić information content (AvgIpc) is 2.66. The molecule has 0 aliphatic carbocycles. The summed E-state index contributed by atoms with van der Waals surface area (Å²) in [5, 5.41) is 0. The molecule has 2 unspecified atom stereocenters. The lowest BCUT2D eigenvalue weighted by Crippen LogP contribution is -2.44. The van der Waals surface area contributed by atoms with Gasteiger partial charge in [-0.25, -0.2) is 4.79 Å². The normalized spacial score (nSPS) is 14.7. The van der Waals surface area contributed by atoms with Crippen molar-refractivity contribution in [3.8, 4) is 0 Å². The molecule has 0 fully saturated rings. The number of hydrogen-bond donors (Lipinski definition) is 0. The Morgan fingerprint density at radius 1 is 0.742 bits per heavy atom. The van der Waals surface area contributed by atoms with E-state index in [9.17, 15) is 4.79 Å². The molecule has 0 N–H and O–H groups in total. The number of carbonyl (C=O) groups is 1. The lowest BCUT2D eigenvalue weighted by molar-refractivity contribution is -0.134. The van der Waals surface area contributed by atoms with Crippen LogP contribution in [0.3, 0.4) is 0 Å². The van der Waals surface area contributed by atoms with Gasteiger partial charge in [0.15, 0.2) is 16.6 Å². The first kappa shape index (κ1) is 30.6. The molecule has 0 heterocycles. The van der Waals surface area contributed by atoms with Crippen LogP contribution in [0.4, 0.5) is 0 Å². The van der Waals surface area contributed by atoms with Crippen LogP contribution in [-0.4, -0.2) is 41.9 Å². The second-order valence-electron chi connectivity index (χ2n) is 10.7. The molecule has 0 spiro atoms. The number of esters is 1. The van der Waals surface area contributed by atoms with E-state index in [-0.39, 0.29) is 18.2 Å². The third-order valence-corrected chi connectivity index (χ3v) is 7.10. The van der Waals surface area contributed by atoms with Gasteiger partial charge in [0.25, 0.3) is 0 Å². The molecule has 184 valence electrons. The zero-order chi connectivity index (χ0) is 23.8. The van der Waals surface area contributed by atoms with Gasteiger partial charge in [-0.1, -0.05) is 64.4 Å². The molecular weight excluding hydrogens is 420 g/mol.